The van der Waals surface area contributed by atoms with Crippen LogP contribution in [0.3, 0.4) is 0 Å². The second kappa shape index (κ2) is 7.55. The molecule has 1 aliphatic rings. The maximum absolute atomic E-state index is 12.9. The second-order valence-corrected chi connectivity index (χ2v) is 7.61. The molecule has 29 heavy (non-hydrogen) atoms. The lowest BCUT2D eigenvalue weighted by Crippen LogP contribution is -2.36. The number of rotatable bonds is 4. The molecular formula is C20H17F3N2O3S. The van der Waals surface area contributed by atoms with E-state index in [2.05, 4.69) is 9.72 Å². The highest BCUT2D eigenvalue weighted by molar-refractivity contribution is 7.13. The minimum atomic E-state index is -4.75. The van der Waals surface area contributed by atoms with Gasteiger partial charge < -0.3 is 14.1 Å². The summed E-state index contributed by atoms with van der Waals surface area (Å²) in [6.45, 7) is 2.26. The summed E-state index contributed by atoms with van der Waals surface area (Å²) in [5, 5.41) is 1.92. The van der Waals surface area contributed by atoms with Crippen LogP contribution in [0, 0.1) is 6.92 Å². The summed E-state index contributed by atoms with van der Waals surface area (Å²) < 4.78 is 47.1. The Hall–Kier alpha value is -2.81. The van der Waals surface area contributed by atoms with E-state index >= 15 is 0 Å². The van der Waals surface area contributed by atoms with Crippen molar-refractivity contribution in [1.82, 2.24) is 4.98 Å². The van der Waals surface area contributed by atoms with Gasteiger partial charge in [-0.25, -0.2) is 4.98 Å². The van der Waals surface area contributed by atoms with E-state index < -0.39 is 6.36 Å². The van der Waals surface area contributed by atoms with Crippen molar-refractivity contribution >= 4 is 22.9 Å². The number of aromatic nitrogens is 1. The first-order valence-electron chi connectivity index (χ1n) is 8.99. The SMILES string of the molecule is Cc1oc(-c2cccs2)nc1CC(=O)N1CCCc2cc(OC(F)(F)F)ccc21. The molecule has 5 nitrogen and oxygen atoms in total. The van der Waals surface area contributed by atoms with Gasteiger partial charge in [-0.15, -0.1) is 24.5 Å². The van der Waals surface area contributed by atoms with E-state index in [9.17, 15) is 18.0 Å². The van der Waals surface area contributed by atoms with Crippen LogP contribution in [-0.4, -0.2) is 23.8 Å². The molecule has 0 atom stereocenters. The molecule has 0 aliphatic carbocycles. The number of fused-ring (bicyclic) bond motifs is 1. The van der Waals surface area contributed by atoms with Gasteiger partial charge in [-0.1, -0.05) is 6.07 Å². The molecule has 1 aromatic carbocycles. The molecule has 9 heteroatoms. The number of ether oxygens (including phenoxy) is 1. The van der Waals surface area contributed by atoms with Crippen molar-refractivity contribution in [2.45, 2.75) is 32.5 Å². The van der Waals surface area contributed by atoms with Gasteiger partial charge in [-0.3, -0.25) is 4.79 Å². The molecule has 0 fully saturated rings. The van der Waals surface area contributed by atoms with Crippen LogP contribution < -0.4 is 9.64 Å². The van der Waals surface area contributed by atoms with Gasteiger partial charge in [0.2, 0.25) is 11.8 Å². The fourth-order valence-corrected chi connectivity index (χ4v) is 4.02. The van der Waals surface area contributed by atoms with Gasteiger partial charge in [0.15, 0.2) is 0 Å². The van der Waals surface area contributed by atoms with Gasteiger partial charge in [0.05, 0.1) is 17.0 Å². The van der Waals surface area contributed by atoms with Crippen LogP contribution in [0.25, 0.3) is 10.8 Å². The molecule has 3 aromatic rings. The van der Waals surface area contributed by atoms with Crippen molar-refractivity contribution < 1.29 is 27.1 Å². The Kier molecular flexibility index (Phi) is 5.08. The highest BCUT2D eigenvalue weighted by Crippen LogP contribution is 2.33. The zero-order valence-electron chi connectivity index (χ0n) is 15.5. The molecule has 1 amide bonds. The van der Waals surface area contributed by atoms with E-state index in [0.717, 1.165) is 4.88 Å². The van der Waals surface area contributed by atoms with Gasteiger partial charge in [0, 0.05) is 12.2 Å². The molecule has 0 N–H and O–H groups in total. The molecule has 0 unspecified atom stereocenters. The minimum absolute atomic E-state index is 0.0565. The molecule has 152 valence electrons. The third-order valence-corrected chi connectivity index (χ3v) is 5.51. The quantitative estimate of drug-likeness (QED) is 0.585. The number of alkyl halides is 3. The van der Waals surface area contributed by atoms with Crippen LogP contribution in [-0.2, 0) is 17.6 Å². The van der Waals surface area contributed by atoms with E-state index in [-0.39, 0.29) is 18.1 Å². The van der Waals surface area contributed by atoms with Gasteiger partial charge >= 0.3 is 6.36 Å². The average Bonchev–Trinajstić information content (AvgIpc) is 3.30. The topological polar surface area (TPSA) is 55.6 Å². The lowest BCUT2D eigenvalue weighted by Gasteiger charge is -2.29. The molecule has 0 spiro atoms. The van der Waals surface area contributed by atoms with Crippen LogP contribution in [0.1, 0.15) is 23.4 Å². The lowest BCUT2D eigenvalue weighted by molar-refractivity contribution is -0.274. The van der Waals surface area contributed by atoms with Crippen molar-refractivity contribution in [3.8, 4) is 16.5 Å². The number of oxazole rings is 1. The smallest absolute Gasteiger partial charge is 0.440 e. The number of hydrogen-bond donors (Lipinski definition) is 0. The maximum atomic E-state index is 12.9. The number of halogens is 3. The Labute approximate surface area is 168 Å². The molecule has 0 saturated carbocycles. The van der Waals surface area contributed by atoms with Gasteiger partial charge in [0.1, 0.15) is 11.5 Å². The first-order chi connectivity index (χ1) is 13.8. The maximum Gasteiger partial charge on any atom is 0.573 e. The summed E-state index contributed by atoms with van der Waals surface area (Å²) in [6.07, 6.45) is -3.45. The van der Waals surface area contributed by atoms with Crippen LogP contribution >= 0.6 is 11.3 Å². The molecular weight excluding hydrogens is 405 g/mol. The first kappa shape index (κ1) is 19.5. The number of nitrogens with zero attached hydrogens (tertiary/aromatic N) is 2. The highest BCUT2D eigenvalue weighted by Gasteiger charge is 2.32. The van der Waals surface area contributed by atoms with Gasteiger partial charge in [0.25, 0.3) is 0 Å². The molecule has 3 heterocycles. The number of benzene rings is 1. The van der Waals surface area contributed by atoms with E-state index in [1.807, 2.05) is 17.5 Å². The summed E-state index contributed by atoms with van der Waals surface area (Å²) in [6, 6.07) is 7.86. The summed E-state index contributed by atoms with van der Waals surface area (Å²) in [7, 11) is 0. The molecule has 4 rings (SSSR count). The predicted molar refractivity (Wildman–Crippen MR) is 102 cm³/mol. The van der Waals surface area contributed by atoms with Crippen LogP contribution in [0.4, 0.5) is 18.9 Å². The zero-order chi connectivity index (χ0) is 20.6. The summed E-state index contributed by atoms with van der Waals surface area (Å²) in [5.41, 5.74) is 1.82. The largest absolute Gasteiger partial charge is 0.573 e. The first-order valence-corrected chi connectivity index (χ1v) is 9.87. The Morgan fingerprint density at radius 1 is 1.34 bits per heavy atom. The predicted octanol–water partition coefficient (Wildman–Crippen LogP) is 5.13. The Morgan fingerprint density at radius 3 is 2.90 bits per heavy atom. The summed E-state index contributed by atoms with van der Waals surface area (Å²) in [5.74, 6) is 0.601. The third kappa shape index (κ3) is 4.29. The second-order valence-electron chi connectivity index (χ2n) is 6.66. The normalized spacial score (nSPS) is 14.0. The number of aryl methyl sites for hydroxylation is 2. The number of hydrogen-bond acceptors (Lipinski definition) is 5. The zero-order valence-corrected chi connectivity index (χ0v) is 16.3. The van der Waals surface area contributed by atoms with Gasteiger partial charge in [-0.05, 0) is 55.0 Å². The van der Waals surface area contributed by atoms with Crippen molar-refractivity contribution in [3.05, 3.63) is 52.7 Å². The fraction of sp³-hybridized carbons (Fsp3) is 0.300. The average molecular weight is 422 g/mol. The van der Waals surface area contributed by atoms with Crippen molar-refractivity contribution in [2.24, 2.45) is 0 Å². The minimum Gasteiger partial charge on any atom is -0.440 e. The molecule has 0 bridgehead atoms. The fourth-order valence-electron chi connectivity index (χ4n) is 3.37. The summed E-state index contributed by atoms with van der Waals surface area (Å²) in [4.78, 5) is 19.9. The molecule has 2 aromatic heterocycles. The number of thiophene rings is 1. The van der Waals surface area contributed by atoms with Crippen molar-refractivity contribution in [2.75, 3.05) is 11.4 Å². The van der Waals surface area contributed by atoms with Gasteiger partial charge in [-0.2, -0.15) is 0 Å². The number of anilines is 1. The highest BCUT2D eigenvalue weighted by atomic mass is 32.1. The Morgan fingerprint density at radius 2 is 2.17 bits per heavy atom. The monoisotopic (exact) mass is 422 g/mol. The van der Waals surface area contributed by atoms with Crippen molar-refractivity contribution in [1.29, 1.82) is 0 Å². The van der Waals surface area contributed by atoms with Crippen molar-refractivity contribution in [3.63, 3.8) is 0 Å². The molecule has 0 saturated heterocycles. The number of carbonyl (C=O) groups excluding carboxylic acids is 1. The van der Waals surface area contributed by atoms with E-state index in [1.165, 1.54) is 29.5 Å². The summed E-state index contributed by atoms with van der Waals surface area (Å²) >= 11 is 1.50. The van der Waals surface area contributed by atoms with E-state index in [4.69, 9.17) is 4.42 Å². The van der Waals surface area contributed by atoms with Crippen LogP contribution in [0.5, 0.6) is 5.75 Å². The van der Waals surface area contributed by atoms with Crippen LogP contribution in [0.2, 0.25) is 0 Å². The standard InChI is InChI=1S/C20H17F3N2O3S/c1-12-15(24-19(27-12)17-5-3-9-29-17)11-18(26)25-8-2-4-13-10-14(6-7-16(13)25)28-20(21,22)23/h3,5-7,9-10H,2,4,8,11H2,1H3. The van der Waals surface area contributed by atoms with E-state index in [0.29, 0.717) is 48.0 Å². The van der Waals surface area contributed by atoms with Crippen LogP contribution in [0.15, 0.2) is 40.1 Å². The number of carbonyl (C=O) groups is 1. The Balaban J connectivity index is 1.54. The lowest BCUT2D eigenvalue weighted by atomic mass is 10.0. The molecule has 0 radical (unpaired) electrons. The third-order valence-electron chi connectivity index (χ3n) is 4.65. The Bertz CT molecular complexity index is 1030. The van der Waals surface area contributed by atoms with E-state index in [1.54, 1.807) is 11.8 Å². The molecule has 1 aliphatic heterocycles. The number of amides is 1.